The molecule has 0 spiro atoms. The molecule has 4 atom stereocenters. The predicted octanol–water partition coefficient (Wildman–Crippen LogP) is 0.886. The van der Waals surface area contributed by atoms with E-state index in [1.54, 1.807) is 0 Å². The average molecular weight is 196 g/mol. The van der Waals surface area contributed by atoms with Gasteiger partial charge in [0, 0.05) is 12.6 Å². The van der Waals surface area contributed by atoms with Crippen molar-refractivity contribution in [3.8, 4) is 0 Å². The number of carbonyl (C=O) groups is 1. The van der Waals surface area contributed by atoms with E-state index in [1.807, 2.05) is 0 Å². The van der Waals surface area contributed by atoms with E-state index in [0.29, 0.717) is 18.5 Å². The van der Waals surface area contributed by atoms with E-state index in [9.17, 15) is 4.79 Å². The number of carbonyl (C=O) groups excluding carboxylic acids is 1. The first-order chi connectivity index (χ1) is 6.70. The number of fused-ring (bicyclic) bond motifs is 1. The van der Waals surface area contributed by atoms with Gasteiger partial charge in [-0.3, -0.25) is 4.79 Å². The SMILES string of the molecule is C[C@H]1CC[C@H]2NC(=O)[C@@H](CN)C[C@@H]2C1. The van der Waals surface area contributed by atoms with Crippen LogP contribution >= 0.6 is 0 Å². The Hall–Kier alpha value is -0.570. The third-order valence-electron chi connectivity index (χ3n) is 3.81. The lowest BCUT2D eigenvalue weighted by Gasteiger charge is -2.41. The minimum absolute atomic E-state index is 0.0709. The monoisotopic (exact) mass is 196 g/mol. The summed E-state index contributed by atoms with van der Waals surface area (Å²) in [5, 5.41) is 3.12. The van der Waals surface area contributed by atoms with Crippen LogP contribution < -0.4 is 11.1 Å². The molecular formula is C11H20N2O. The molecule has 14 heavy (non-hydrogen) atoms. The molecule has 3 nitrogen and oxygen atoms in total. The van der Waals surface area contributed by atoms with Crippen molar-refractivity contribution in [1.29, 1.82) is 0 Å². The second-order valence-electron chi connectivity index (χ2n) is 4.96. The van der Waals surface area contributed by atoms with Gasteiger partial charge in [0.2, 0.25) is 5.91 Å². The van der Waals surface area contributed by atoms with Crippen LogP contribution in [0.25, 0.3) is 0 Å². The molecule has 0 aromatic heterocycles. The lowest BCUT2D eigenvalue weighted by Crippen LogP contribution is -2.53. The van der Waals surface area contributed by atoms with Crippen LogP contribution in [0.15, 0.2) is 0 Å². The van der Waals surface area contributed by atoms with Crippen molar-refractivity contribution in [1.82, 2.24) is 5.32 Å². The summed E-state index contributed by atoms with van der Waals surface area (Å²) in [5.41, 5.74) is 5.59. The number of nitrogens with two attached hydrogens (primary N) is 1. The second-order valence-corrected chi connectivity index (χ2v) is 4.96. The normalized spacial score (nSPS) is 42.9. The fourth-order valence-corrected chi connectivity index (χ4v) is 2.93. The van der Waals surface area contributed by atoms with Crippen molar-refractivity contribution < 1.29 is 4.79 Å². The third-order valence-corrected chi connectivity index (χ3v) is 3.81. The van der Waals surface area contributed by atoms with Crippen molar-refractivity contribution >= 4 is 5.91 Å². The number of piperidine rings is 1. The molecule has 0 bridgehead atoms. The maximum Gasteiger partial charge on any atom is 0.224 e. The fourth-order valence-electron chi connectivity index (χ4n) is 2.93. The third kappa shape index (κ3) is 1.78. The van der Waals surface area contributed by atoms with Gasteiger partial charge < -0.3 is 11.1 Å². The first kappa shape index (κ1) is 9.97. The number of hydrogen-bond donors (Lipinski definition) is 2. The zero-order valence-corrected chi connectivity index (χ0v) is 8.83. The highest BCUT2D eigenvalue weighted by molar-refractivity contribution is 5.80. The topological polar surface area (TPSA) is 55.1 Å². The summed E-state index contributed by atoms with van der Waals surface area (Å²) in [5.74, 6) is 1.76. The molecule has 0 aromatic carbocycles. The molecule has 0 radical (unpaired) electrons. The first-order valence-electron chi connectivity index (χ1n) is 5.71. The Morgan fingerprint density at radius 3 is 2.93 bits per heavy atom. The summed E-state index contributed by atoms with van der Waals surface area (Å²) < 4.78 is 0. The van der Waals surface area contributed by atoms with Gasteiger partial charge >= 0.3 is 0 Å². The van der Waals surface area contributed by atoms with E-state index in [1.165, 1.54) is 12.8 Å². The lowest BCUT2D eigenvalue weighted by molar-refractivity contribution is -0.129. The minimum Gasteiger partial charge on any atom is -0.353 e. The van der Waals surface area contributed by atoms with Gasteiger partial charge in [-0.15, -0.1) is 0 Å². The van der Waals surface area contributed by atoms with Gasteiger partial charge in [0.05, 0.1) is 5.92 Å². The van der Waals surface area contributed by atoms with Gasteiger partial charge in [0.1, 0.15) is 0 Å². The lowest BCUT2D eigenvalue weighted by atomic mass is 9.72. The summed E-state index contributed by atoms with van der Waals surface area (Å²) in [4.78, 5) is 11.6. The van der Waals surface area contributed by atoms with Crippen molar-refractivity contribution in [2.24, 2.45) is 23.5 Å². The van der Waals surface area contributed by atoms with Crippen molar-refractivity contribution in [3.05, 3.63) is 0 Å². The summed E-state index contributed by atoms with van der Waals surface area (Å²) in [6, 6.07) is 0.446. The average Bonchev–Trinajstić information content (AvgIpc) is 2.17. The van der Waals surface area contributed by atoms with Gasteiger partial charge in [-0.2, -0.15) is 0 Å². The molecule has 3 N–H and O–H groups in total. The standard InChI is InChI=1S/C11H20N2O/c1-7-2-3-10-8(4-7)5-9(6-12)11(14)13-10/h7-10H,2-6,12H2,1H3,(H,13,14)/t7-,8-,9+,10+/m0/s1. The zero-order chi connectivity index (χ0) is 10.1. The quantitative estimate of drug-likeness (QED) is 0.654. The molecule has 3 heteroatoms. The van der Waals surface area contributed by atoms with Crippen LogP contribution in [0.2, 0.25) is 0 Å². The molecule has 2 fully saturated rings. The highest BCUT2D eigenvalue weighted by Gasteiger charge is 2.37. The second kappa shape index (κ2) is 3.89. The van der Waals surface area contributed by atoms with Crippen molar-refractivity contribution in [2.45, 2.75) is 38.6 Å². The van der Waals surface area contributed by atoms with Crippen LogP contribution in [0, 0.1) is 17.8 Å². The fraction of sp³-hybridized carbons (Fsp3) is 0.909. The van der Waals surface area contributed by atoms with E-state index < -0.39 is 0 Å². The van der Waals surface area contributed by atoms with Gasteiger partial charge in [-0.25, -0.2) is 0 Å². The van der Waals surface area contributed by atoms with Gasteiger partial charge in [-0.05, 0) is 37.5 Å². The molecular weight excluding hydrogens is 176 g/mol. The zero-order valence-electron chi connectivity index (χ0n) is 8.83. The summed E-state index contributed by atoms with van der Waals surface area (Å²) >= 11 is 0. The van der Waals surface area contributed by atoms with Crippen LogP contribution in [-0.4, -0.2) is 18.5 Å². The summed E-state index contributed by atoms with van der Waals surface area (Å²) in [6.07, 6.45) is 4.70. The van der Waals surface area contributed by atoms with Gasteiger partial charge in [-0.1, -0.05) is 6.92 Å². The molecule has 1 amide bonds. The van der Waals surface area contributed by atoms with E-state index >= 15 is 0 Å². The van der Waals surface area contributed by atoms with E-state index in [4.69, 9.17) is 5.73 Å². The highest BCUT2D eigenvalue weighted by atomic mass is 16.2. The molecule has 2 aliphatic rings. The van der Waals surface area contributed by atoms with E-state index in [-0.39, 0.29) is 11.8 Å². The first-order valence-corrected chi connectivity index (χ1v) is 5.71. The Balaban J connectivity index is 2.01. The summed E-state index contributed by atoms with van der Waals surface area (Å²) in [7, 11) is 0. The summed E-state index contributed by atoms with van der Waals surface area (Å²) in [6.45, 7) is 2.81. The molecule has 1 aliphatic heterocycles. The van der Waals surface area contributed by atoms with Crippen LogP contribution in [0.5, 0.6) is 0 Å². The highest BCUT2D eigenvalue weighted by Crippen LogP contribution is 2.35. The molecule has 0 unspecified atom stereocenters. The smallest absolute Gasteiger partial charge is 0.224 e. The molecule has 1 saturated heterocycles. The Labute approximate surface area is 85.4 Å². The number of amides is 1. The van der Waals surface area contributed by atoms with E-state index in [2.05, 4.69) is 12.2 Å². The van der Waals surface area contributed by atoms with Crippen LogP contribution in [0.4, 0.5) is 0 Å². The van der Waals surface area contributed by atoms with Crippen molar-refractivity contribution in [3.63, 3.8) is 0 Å². The Bertz CT molecular complexity index is 229. The van der Waals surface area contributed by atoms with Crippen LogP contribution in [0.1, 0.15) is 32.6 Å². The molecule has 1 heterocycles. The molecule has 2 rings (SSSR count). The largest absolute Gasteiger partial charge is 0.353 e. The Morgan fingerprint density at radius 1 is 1.43 bits per heavy atom. The maximum absolute atomic E-state index is 11.6. The van der Waals surface area contributed by atoms with Crippen LogP contribution in [0.3, 0.4) is 0 Å². The Kier molecular flexibility index (Phi) is 2.77. The Morgan fingerprint density at radius 2 is 2.21 bits per heavy atom. The van der Waals surface area contributed by atoms with Gasteiger partial charge in [0.25, 0.3) is 0 Å². The predicted molar refractivity (Wildman–Crippen MR) is 55.6 cm³/mol. The molecule has 1 saturated carbocycles. The van der Waals surface area contributed by atoms with E-state index in [0.717, 1.165) is 18.8 Å². The number of hydrogen-bond acceptors (Lipinski definition) is 2. The maximum atomic E-state index is 11.6. The minimum atomic E-state index is 0.0709. The number of rotatable bonds is 1. The molecule has 80 valence electrons. The van der Waals surface area contributed by atoms with Gasteiger partial charge in [0.15, 0.2) is 0 Å². The molecule has 1 aliphatic carbocycles. The molecule has 0 aromatic rings. The van der Waals surface area contributed by atoms with Crippen molar-refractivity contribution in [2.75, 3.05) is 6.54 Å². The van der Waals surface area contributed by atoms with Crippen LogP contribution in [-0.2, 0) is 4.79 Å². The number of nitrogens with one attached hydrogen (secondary N) is 1.